The number of carboxylic acids is 1. The molecule has 0 aromatic rings. The summed E-state index contributed by atoms with van der Waals surface area (Å²) < 4.78 is 10.2. The van der Waals surface area contributed by atoms with E-state index in [1.54, 1.807) is 20.8 Å². The van der Waals surface area contributed by atoms with Crippen LogP contribution in [-0.2, 0) is 14.3 Å². The Morgan fingerprint density at radius 2 is 1.87 bits per heavy atom. The Kier molecular flexibility index (Phi) is 6.47. The van der Waals surface area contributed by atoms with Crippen molar-refractivity contribution in [2.45, 2.75) is 26.9 Å². The largest absolute Gasteiger partial charge is 0.479 e. The lowest BCUT2D eigenvalue weighted by Gasteiger charge is -2.26. The molecule has 0 aliphatic rings. The van der Waals surface area contributed by atoms with Gasteiger partial charge in [-0.25, -0.2) is 4.79 Å². The van der Waals surface area contributed by atoms with Gasteiger partial charge in [-0.1, -0.05) is 20.8 Å². The smallest absolute Gasteiger partial charge is 0.333 e. The monoisotopic (exact) mass is 220 g/mol. The highest BCUT2D eigenvalue weighted by Crippen LogP contribution is 2.22. The van der Waals surface area contributed by atoms with Crippen LogP contribution < -0.4 is 0 Å². The van der Waals surface area contributed by atoms with Gasteiger partial charge in [0.1, 0.15) is 0 Å². The van der Waals surface area contributed by atoms with E-state index in [1.807, 2.05) is 0 Å². The van der Waals surface area contributed by atoms with Crippen LogP contribution in [0, 0.1) is 5.41 Å². The quantitative estimate of drug-likeness (QED) is 0.611. The molecule has 0 aliphatic carbocycles. The number of hydrogen-bond acceptors (Lipinski definition) is 4. The van der Waals surface area contributed by atoms with E-state index >= 15 is 0 Å². The van der Waals surface area contributed by atoms with Crippen LogP contribution in [0.1, 0.15) is 20.8 Å². The normalized spacial score (nSPS) is 13.9. The van der Waals surface area contributed by atoms with Crippen LogP contribution in [-0.4, -0.2) is 48.7 Å². The molecule has 0 aromatic carbocycles. The maximum Gasteiger partial charge on any atom is 0.333 e. The average molecular weight is 220 g/mol. The van der Waals surface area contributed by atoms with Crippen molar-refractivity contribution >= 4 is 5.97 Å². The molecule has 90 valence electrons. The summed E-state index contributed by atoms with van der Waals surface area (Å²) >= 11 is 0. The summed E-state index contributed by atoms with van der Waals surface area (Å²) in [7, 11) is 0. The second-order valence-corrected chi connectivity index (χ2v) is 4.29. The third-order valence-corrected chi connectivity index (χ3v) is 1.76. The standard InChI is InChI=1S/C10H20O5/c1-10(2,3)8(9(12)13)15-7-6-14-5-4-11/h8,11H,4-7H2,1-3H3,(H,12,13). The minimum absolute atomic E-state index is 0.0400. The zero-order chi connectivity index (χ0) is 11.9. The highest BCUT2D eigenvalue weighted by atomic mass is 16.5. The highest BCUT2D eigenvalue weighted by Gasteiger charge is 2.31. The van der Waals surface area contributed by atoms with E-state index in [4.69, 9.17) is 19.7 Å². The van der Waals surface area contributed by atoms with E-state index in [-0.39, 0.29) is 19.8 Å². The molecule has 0 radical (unpaired) electrons. The molecule has 0 amide bonds. The van der Waals surface area contributed by atoms with Crippen molar-refractivity contribution in [2.24, 2.45) is 5.41 Å². The molecule has 5 heteroatoms. The highest BCUT2D eigenvalue weighted by molar-refractivity contribution is 5.73. The summed E-state index contributed by atoms with van der Waals surface area (Å²) in [5.74, 6) is -0.968. The molecule has 15 heavy (non-hydrogen) atoms. The maximum absolute atomic E-state index is 10.9. The summed E-state index contributed by atoms with van der Waals surface area (Å²) in [6, 6.07) is 0. The molecule has 0 rings (SSSR count). The van der Waals surface area contributed by atoms with Gasteiger partial charge in [0, 0.05) is 0 Å². The van der Waals surface area contributed by atoms with Crippen molar-refractivity contribution in [1.82, 2.24) is 0 Å². The summed E-state index contributed by atoms with van der Waals surface area (Å²) in [6.45, 7) is 6.13. The second kappa shape index (κ2) is 6.76. The molecule has 0 saturated heterocycles. The fraction of sp³-hybridized carbons (Fsp3) is 0.900. The third kappa shape index (κ3) is 6.43. The minimum Gasteiger partial charge on any atom is -0.479 e. The van der Waals surface area contributed by atoms with Crippen molar-refractivity contribution in [2.75, 3.05) is 26.4 Å². The van der Waals surface area contributed by atoms with Crippen LogP contribution >= 0.6 is 0 Å². The number of rotatable bonds is 7. The predicted molar refractivity (Wildman–Crippen MR) is 54.7 cm³/mol. The van der Waals surface area contributed by atoms with Crippen LogP contribution in [0.2, 0.25) is 0 Å². The molecule has 0 spiro atoms. The summed E-state index contributed by atoms with van der Waals surface area (Å²) in [6.07, 6.45) is -0.838. The van der Waals surface area contributed by atoms with E-state index in [2.05, 4.69) is 0 Å². The van der Waals surface area contributed by atoms with Gasteiger partial charge in [0.25, 0.3) is 0 Å². The van der Waals surface area contributed by atoms with Gasteiger partial charge in [-0.15, -0.1) is 0 Å². The van der Waals surface area contributed by atoms with E-state index in [0.717, 1.165) is 0 Å². The molecule has 5 nitrogen and oxygen atoms in total. The topological polar surface area (TPSA) is 76.0 Å². The molecule has 0 bridgehead atoms. The van der Waals surface area contributed by atoms with Gasteiger partial charge in [-0.3, -0.25) is 0 Å². The molecule has 1 atom stereocenters. The molecule has 0 aliphatic heterocycles. The van der Waals surface area contributed by atoms with Crippen molar-refractivity contribution in [3.05, 3.63) is 0 Å². The first kappa shape index (κ1) is 14.3. The van der Waals surface area contributed by atoms with Crippen LogP contribution in [0.25, 0.3) is 0 Å². The number of hydrogen-bond donors (Lipinski definition) is 2. The maximum atomic E-state index is 10.9. The zero-order valence-electron chi connectivity index (χ0n) is 9.52. The van der Waals surface area contributed by atoms with Gasteiger partial charge in [0.2, 0.25) is 0 Å². The molecule has 0 aromatic heterocycles. The Bertz CT molecular complexity index is 185. The predicted octanol–water partition coefficient (Wildman–Crippen LogP) is 0.511. The van der Waals surface area contributed by atoms with Crippen LogP contribution in [0.15, 0.2) is 0 Å². The van der Waals surface area contributed by atoms with Gasteiger partial charge in [0.15, 0.2) is 6.10 Å². The van der Waals surface area contributed by atoms with Crippen LogP contribution in [0.4, 0.5) is 0 Å². The van der Waals surface area contributed by atoms with E-state index in [0.29, 0.717) is 6.61 Å². The molecule has 0 saturated carbocycles. The molecular formula is C10H20O5. The van der Waals surface area contributed by atoms with E-state index in [9.17, 15) is 4.79 Å². The van der Waals surface area contributed by atoms with Crippen molar-refractivity contribution in [3.8, 4) is 0 Å². The minimum atomic E-state index is -0.968. The van der Waals surface area contributed by atoms with E-state index in [1.165, 1.54) is 0 Å². The summed E-state index contributed by atoms with van der Waals surface area (Å²) in [5, 5.41) is 17.3. The Morgan fingerprint density at radius 1 is 1.27 bits per heavy atom. The Balaban J connectivity index is 3.84. The Morgan fingerprint density at radius 3 is 2.27 bits per heavy atom. The first-order valence-electron chi connectivity index (χ1n) is 4.92. The summed E-state index contributed by atoms with van der Waals surface area (Å²) in [4.78, 5) is 10.9. The van der Waals surface area contributed by atoms with Gasteiger partial charge in [-0.2, -0.15) is 0 Å². The Hall–Kier alpha value is -0.650. The lowest BCUT2D eigenvalue weighted by molar-refractivity contribution is -0.159. The first-order valence-corrected chi connectivity index (χ1v) is 4.92. The van der Waals surface area contributed by atoms with Gasteiger partial charge in [0.05, 0.1) is 26.4 Å². The third-order valence-electron chi connectivity index (χ3n) is 1.76. The number of aliphatic carboxylic acids is 1. The SMILES string of the molecule is CC(C)(C)C(OCCOCCO)C(=O)O. The number of ether oxygens (including phenoxy) is 2. The fourth-order valence-electron chi connectivity index (χ4n) is 1.08. The fourth-order valence-corrected chi connectivity index (χ4v) is 1.08. The number of carbonyl (C=O) groups is 1. The van der Waals surface area contributed by atoms with Crippen LogP contribution in [0.3, 0.4) is 0 Å². The Labute approximate surface area is 90.0 Å². The second-order valence-electron chi connectivity index (χ2n) is 4.29. The lowest BCUT2D eigenvalue weighted by atomic mass is 9.89. The van der Waals surface area contributed by atoms with Gasteiger partial charge < -0.3 is 19.7 Å². The lowest BCUT2D eigenvalue weighted by Crippen LogP contribution is -2.37. The van der Waals surface area contributed by atoms with Crippen molar-refractivity contribution < 1.29 is 24.5 Å². The average Bonchev–Trinajstić information content (AvgIpc) is 2.08. The number of carboxylic acid groups (broad SMARTS) is 1. The van der Waals surface area contributed by atoms with Crippen molar-refractivity contribution in [1.29, 1.82) is 0 Å². The van der Waals surface area contributed by atoms with Crippen molar-refractivity contribution in [3.63, 3.8) is 0 Å². The van der Waals surface area contributed by atoms with Gasteiger partial charge in [-0.05, 0) is 5.41 Å². The first-order chi connectivity index (χ1) is 6.89. The zero-order valence-corrected chi connectivity index (χ0v) is 9.52. The molecule has 0 heterocycles. The number of aliphatic hydroxyl groups is 1. The molecular weight excluding hydrogens is 200 g/mol. The van der Waals surface area contributed by atoms with Crippen LogP contribution in [0.5, 0.6) is 0 Å². The molecule has 1 unspecified atom stereocenters. The van der Waals surface area contributed by atoms with Gasteiger partial charge >= 0.3 is 5.97 Å². The number of aliphatic hydroxyl groups excluding tert-OH is 1. The van der Waals surface area contributed by atoms with E-state index < -0.39 is 17.5 Å². The summed E-state index contributed by atoms with van der Waals surface area (Å²) in [5.41, 5.74) is -0.442. The molecule has 0 fully saturated rings. The molecule has 2 N–H and O–H groups in total.